The fraction of sp³-hybridized carbons (Fsp3) is 0.350. The van der Waals surface area contributed by atoms with Crippen LogP contribution >= 0.6 is 11.3 Å². The predicted octanol–water partition coefficient (Wildman–Crippen LogP) is 4.29. The van der Waals surface area contributed by atoms with Gasteiger partial charge in [-0.2, -0.15) is 0 Å². The van der Waals surface area contributed by atoms with E-state index in [-0.39, 0.29) is 20.9 Å². The summed E-state index contributed by atoms with van der Waals surface area (Å²) in [5.41, 5.74) is 1.62. The molecule has 0 spiro atoms. The van der Waals surface area contributed by atoms with Crippen LogP contribution in [0.25, 0.3) is 6.08 Å². The van der Waals surface area contributed by atoms with Crippen LogP contribution in [0, 0.1) is 0 Å². The van der Waals surface area contributed by atoms with E-state index in [1.807, 2.05) is 6.07 Å². The minimum atomic E-state index is -3.92. The molecule has 0 aliphatic rings. The molecule has 0 saturated carbocycles. The van der Waals surface area contributed by atoms with Gasteiger partial charge in [0.15, 0.2) is 0 Å². The molecule has 0 bridgehead atoms. The zero-order valence-corrected chi connectivity index (χ0v) is 18.2. The van der Waals surface area contributed by atoms with E-state index < -0.39 is 16.0 Å². The Morgan fingerprint density at radius 2 is 1.93 bits per heavy atom. The van der Waals surface area contributed by atoms with Crippen LogP contribution in [0.4, 0.5) is 5.69 Å². The number of thiophene rings is 1. The molecule has 1 heterocycles. The van der Waals surface area contributed by atoms with E-state index in [0.717, 1.165) is 16.9 Å². The van der Waals surface area contributed by atoms with E-state index in [0.29, 0.717) is 12.2 Å². The monoisotopic (exact) mass is 423 g/mol. The molecule has 152 valence electrons. The fourth-order valence-electron chi connectivity index (χ4n) is 2.50. The number of sulfonamides is 1. The van der Waals surface area contributed by atoms with Gasteiger partial charge in [-0.25, -0.2) is 13.2 Å². The highest BCUT2D eigenvalue weighted by Crippen LogP contribution is 2.30. The molecule has 2 rings (SSSR count). The van der Waals surface area contributed by atoms with Gasteiger partial charge in [-0.15, -0.1) is 11.3 Å². The smallest absolute Gasteiger partial charge is 0.350 e. The standard InChI is InChI=1S/C20H25NO5S2/c1-20(2,3)15-8-9-17(14(13-15)7-6-11-25-4)28(23,24)21-16-10-12-27-18(16)19(22)26-5/h6-10,12-13,21H,11H2,1-5H3/b7-6+. The number of esters is 1. The summed E-state index contributed by atoms with van der Waals surface area (Å²) in [6.07, 6.45) is 3.48. The second-order valence-electron chi connectivity index (χ2n) is 7.12. The number of nitrogens with one attached hydrogen (secondary N) is 1. The lowest BCUT2D eigenvalue weighted by atomic mass is 9.86. The second-order valence-corrected chi connectivity index (χ2v) is 9.69. The fourth-order valence-corrected chi connectivity index (χ4v) is 4.59. The van der Waals surface area contributed by atoms with Gasteiger partial charge >= 0.3 is 5.97 Å². The van der Waals surface area contributed by atoms with Gasteiger partial charge in [0.25, 0.3) is 10.0 Å². The molecule has 0 aliphatic heterocycles. The van der Waals surface area contributed by atoms with E-state index in [1.165, 1.54) is 7.11 Å². The van der Waals surface area contributed by atoms with Gasteiger partial charge in [0.05, 0.1) is 24.3 Å². The molecule has 0 fully saturated rings. The first kappa shape index (κ1) is 22.1. The van der Waals surface area contributed by atoms with Gasteiger partial charge in [0.1, 0.15) is 4.88 Å². The Bertz CT molecular complexity index is 969. The number of hydrogen-bond acceptors (Lipinski definition) is 6. The molecule has 0 atom stereocenters. The van der Waals surface area contributed by atoms with Crippen LogP contribution in [0.15, 0.2) is 40.6 Å². The summed E-state index contributed by atoms with van der Waals surface area (Å²) in [6.45, 7) is 6.55. The van der Waals surface area contributed by atoms with Crippen molar-refractivity contribution in [2.24, 2.45) is 0 Å². The van der Waals surface area contributed by atoms with Gasteiger partial charge in [-0.1, -0.05) is 39.0 Å². The highest BCUT2D eigenvalue weighted by Gasteiger charge is 2.24. The van der Waals surface area contributed by atoms with Crippen LogP contribution < -0.4 is 4.72 Å². The number of methoxy groups -OCH3 is 2. The largest absolute Gasteiger partial charge is 0.465 e. The lowest BCUT2D eigenvalue weighted by Crippen LogP contribution is -2.17. The van der Waals surface area contributed by atoms with Crippen LogP contribution in [0.5, 0.6) is 0 Å². The Morgan fingerprint density at radius 3 is 2.54 bits per heavy atom. The molecule has 0 unspecified atom stereocenters. The van der Waals surface area contributed by atoms with Crippen molar-refractivity contribution in [3.63, 3.8) is 0 Å². The highest BCUT2D eigenvalue weighted by atomic mass is 32.2. The molecule has 0 aliphatic carbocycles. The van der Waals surface area contributed by atoms with E-state index in [4.69, 9.17) is 9.47 Å². The topological polar surface area (TPSA) is 81.7 Å². The van der Waals surface area contributed by atoms with Gasteiger partial charge in [0.2, 0.25) is 0 Å². The van der Waals surface area contributed by atoms with Crippen molar-refractivity contribution in [3.05, 3.63) is 51.7 Å². The third kappa shape index (κ3) is 5.21. The molecule has 28 heavy (non-hydrogen) atoms. The minimum absolute atomic E-state index is 0.120. The number of anilines is 1. The lowest BCUT2D eigenvalue weighted by Gasteiger charge is -2.21. The molecular weight excluding hydrogens is 398 g/mol. The number of carbonyl (C=O) groups is 1. The molecule has 0 radical (unpaired) electrons. The van der Waals surface area contributed by atoms with Crippen LogP contribution in [0.1, 0.15) is 41.6 Å². The van der Waals surface area contributed by atoms with E-state index >= 15 is 0 Å². The number of benzene rings is 1. The number of hydrogen-bond donors (Lipinski definition) is 1. The maximum absolute atomic E-state index is 13.1. The van der Waals surface area contributed by atoms with Gasteiger partial charge in [-0.05, 0) is 40.1 Å². The summed E-state index contributed by atoms with van der Waals surface area (Å²) < 4.78 is 38.3. The average Bonchev–Trinajstić information content (AvgIpc) is 3.07. The quantitative estimate of drug-likeness (QED) is 0.672. The van der Waals surface area contributed by atoms with Crippen molar-refractivity contribution >= 4 is 39.1 Å². The first-order valence-electron chi connectivity index (χ1n) is 8.59. The normalized spacial score (nSPS) is 12.3. The highest BCUT2D eigenvalue weighted by molar-refractivity contribution is 7.92. The molecule has 1 aromatic heterocycles. The second kappa shape index (κ2) is 8.89. The Balaban J connectivity index is 2.49. The summed E-state index contributed by atoms with van der Waals surface area (Å²) in [5.74, 6) is -0.587. The van der Waals surface area contributed by atoms with Gasteiger partial charge < -0.3 is 9.47 Å². The summed E-state index contributed by atoms with van der Waals surface area (Å²) in [4.78, 5) is 12.2. The third-order valence-electron chi connectivity index (χ3n) is 4.01. The van der Waals surface area contributed by atoms with E-state index in [1.54, 1.807) is 42.8 Å². The van der Waals surface area contributed by atoms with Crippen molar-refractivity contribution in [2.45, 2.75) is 31.1 Å². The number of ether oxygens (including phenoxy) is 2. The Morgan fingerprint density at radius 1 is 1.21 bits per heavy atom. The van der Waals surface area contributed by atoms with E-state index in [2.05, 4.69) is 25.5 Å². The minimum Gasteiger partial charge on any atom is -0.465 e. The van der Waals surface area contributed by atoms with Gasteiger partial charge in [0, 0.05) is 7.11 Å². The van der Waals surface area contributed by atoms with Crippen LogP contribution in [-0.4, -0.2) is 35.2 Å². The Labute approximate surface area is 170 Å². The van der Waals surface area contributed by atoms with Gasteiger partial charge in [-0.3, -0.25) is 4.72 Å². The molecule has 1 N–H and O–H groups in total. The number of carbonyl (C=O) groups excluding carboxylic acids is 1. The first-order valence-corrected chi connectivity index (χ1v) is 10.9. The molecule has 1 aromatic carbocycles. The Hall–Kier alpha value is -2.16. The van der Waals surface area contributed by atoms with Crippen LogP contribution in [0.2, 0.25) is 0 Å². The van der Waals surface area contributed by atoms with Crippen LogP contribution in [-0.2, 0) is 24.9 Å². The molecular formula is C20H25NO5S2. The zero-order valence-electron chi connectivity index (χ0n) is 16.6. The zero-order chi connectivity index (χ0) is 20.9. The summed E-state index contributed by atoms with van der Waals surface area (Å²) >= 11 is 1.11. The average molecular weight is 424 g/mol. The molecule has 8 heteroatoms. The van der Waals surface area contributed by atoms with Crippen LogP contribution in [0.3, 0.4) is 0 Å². The van der Waals surface area contributed by atoms with Crippen molar-refractivity contribution < 1.29 is 22.7 Å². The lowest BCUT2D eigenvalue weighted by molar-refractivity contribution is 0.0607. The van der Waals surface area contributed by atoms with Crippen molar-refractivity contribution in [1.82, 2.24) is 0 Å². The van der Waals surface area contributed by atoms with E-state index in [9.17, 15) is 13.2 Å². The first-order chi connectivity index (χ1) is 13.1. The maximum Gasteiger partial charge on any atom is 0.350 e. The summed E-state index contributed by atoms with van der Waals surface area (Å²) in [7, 11) is -1.10. The molecule has 0 amide bonds. The summed E-state index contributed by atoms with van der Waals surface area (Å²) in [6, 6.07) is 6.78. The molecule has 2 aromatic rings. The SMILES string of the molecule is COC/C=C/c1cc(C(C)(C)C)ccc1S(=O)(=O)Nc1ccsc1C(=O)OC. The molecule has 6 nitrogen and oxygen atoms in total. The van der Waals surface area contributed by atoms with Crippen molar-refractivity contribution in [1.29, 1.82) is 0 Å². The maximum atomic E-state index is 13.1. The number of rotatable bonds is 7. The molecule has 0 saturated heterocycles. The summed E-state index contributed by atoms with van der Waals surface area (Å²) in [5, 5.41) is 1.63. The Kier molecular flexibility index (Phi) is 7.03. The predicted molar refractivity (Wildman–Crippen MR) is 113 cm³/mol. The van der Waals surface area contributed by atoms with Crippen molar-refractivity contribution in [2.75, 3.05) is 25.5 Å². The third-order valence-corrected chi connectivity index (χ3v) is 6.34. The van der Waals surface area contributed by atoms with Crippen molar-refractivity contribution in [3.8, 4) is 0 Å².